The number of ether oxygens (including phenoxy) is 2. The van der Waals surface area contributed by atoms with Crippen LogP contribution in [-0.4, -0.2) is 19.9 Å². The molecule has 0 atom stereocenters. The third-order valence-corrected chi connectivity index (χ3v) is 3.09. The van der Waals surface area contributed by atoms with Crippen LogP contribution in [0.5, 0.6) is 11.5 Å². The molecular weight excluding hydrogens is 327 g/mol. The van der Waals surface area contributed by atoms with Crippen LogP contribution in [0.15, 0.2) is 42.5 Å². The van der Waals surface area contributed by atoms with Crippen molar-refractivity contribution in [1.29, 1.82) is 0 Å². The second-order valence-corrected chi connectivity index (χ2v) is 5.10. The van der Waals surface area contributed by atoms with Crippen LogP contribution in [0.2, 0.25) is 10.0 Å². The molecule has 0 saturated heterocycles. The molecule has 0 bridgehead atoms. The lowest BCUT2D eigenvalue weighted by molar-refractivity contribution is 0.231. The Labute approximate surface area is 138 Å². The van der Waals surface area contributed by atoms with Crippen molar-refractivity contribution in [1.82, 2.24) is 5.32 Å². The van der Waals surface area contributed by atoms with Crippen molar-refractivity contribution >= 4 is 34.9 Å². The number of hydrogen-bond acceptors (Lipinski definition) is 3. The van der Waals surface area contributed by atoms with E-state index in [1.807, 2.05) is 12.1 Å². The normalized spacial score (nSPS) is 9.95. The van der Waals surface area contributed by atoms with Crippen molar-refractivity contribution in [3.05, 3.63) is 52.5 Å². The summed E-state index contributed by atoms with van der Waals surface area (Å²) in [6.07, 6.45) is 0. The topological polar surface area (TPSA) is 59.6 Å². The van der Waals surface area contributed by atoms with Gasteiger partial charge in [-0.25, -0.2) is 4.79 Å². The Morgan fingerprint density at radius 1 is 1.09 bits per heavy atom. The number of para-hydroxylation sites is 2. The molecule has 116 valence electrons. The molecule has 0 radical (unpaired) electrons. The molecule has 0 aliphatic heterocycles. The fraction of sp³-hybridized carbons (Fsp3) is 0.133. The van der Waals surface area contributed by atoms with E-state index in [9.17, 15) is 4.79 Å². The highest BCUT2D eigenvalue weighted by molar-refractivity contribution is 6.35. The SMILES string of the molecule is COc1ccccc1OCNC(=O)Nc1cc(Cl)cc(Cl)c1. The molecule has 2 N–H and O–H groups in total. The molecule has 0 fully saturated rings. The zero-order chi connectivity index (χ0) is 15.9. The maximum atomic E-state index is 11.8. The quantitative estimate of drug-likeness (QED) is 0.803. The molecule has 0 saturated carbocycles. The predicted octanol–water partition coefficient (Wildman–Crippen LogP) is 4.16. The van der Waals surface area contributed by atoms with Crippen molar-refractivity contribution in [2.45, 2.75) is 0 Å². The highest BCUT2D eigenvalue weighted by Gasteiger charge is 2.05. The highest BCUT2D eigenvalue weighted by Crippen LogP contribution is 2.25. The number of amides is 2. The number of carbonyl (C=O) groups is 1. The van der Waals surface area contributed by atoms with Crippen LogP contribution in [0.3, 0.4) is 0 Å². The summed E-state index contributed by atoms with van der Waals surface area (Å²) in [5.74, 6) is 1.13. The van der Waals surface area contributed by atoms with Crippen LogP contribution in [0.1, 0.15) is 0 Å². The lowest BCUT2D eigenvalue weighted by atomic mass is 10.3. The summed E-state index contributed by atoms with van der Waals surface area (Å²) < 4.78 is 10.6. The molecule has 0 aliphatic carbocycles. The lowest BCUT2D eigenvalue weighted by Crippen LogP contribution is -2.32. The molecule has 0 aliphatic rings. The minimum Gasteiger partial charge on any atom is -0.493 e. The molecular formula is C15H14Cl2N2O3. The van der Waals surface area contributed by atoms with E-state index in [0.29, 0.717) is 27.2 Å². The van der Waals surface area contributed by atoms with Gasteiger partial charge in [-0.3, -0.25) is 0 Å². The van der Waals surface area contributed by atoms with Crippen LogP contribution in [-0.2, 0) is 0 Å². The van der Waals surface area contributed by atoms with Crippen molar-refractivity contribution in [3.8, 4) is 11.5 Å². The number of hydrogen-bond donors (Lipinski definition) is 2. The molecule has 0 heterocycles. The molecule has 0 spiro atoms. The first-order chi connectivity index (χ1) is 10.6. The molecule has 22 heavy (non-hydrogen) atoms. The van der Waals surface area contributed by atoms with Gasteiger partial charge in [-0.1, -0.05) is 35.3 Å². The highest BCUT2D eigenvalue weighted by atomic mass is 35.5. The fourth-order valence-electron chi connectivity index (χ4n) is 1.72. The number of rotatable bonds is 5. The van der Waals surface area contributed by atoms with Gasteiger partial charge in [0.15, 0.2) is 18.2 Å². The standard InChI is InChI=1S/C15H14Cl2N2O3/c1-21-13-4-2-3-5-14(13)22-9-18-15(20)19-12-7-10(16)6-11(17)8-12/h2-8H,9H2,1H3,(H2,18,19,20). The van der Waals surface area contributed by atoms with Crippen LogP contribution < -0.4 is 20.1 Å². The molecule has 2 aromatic carbocycles. The predicted molar refractivity (Wildman–Crippen MR) is 87.1 cm³/mol. The van der Waals surface area contributed by atoms with E-state index in [4.69, 9.17) is 32.7 Å². The second kappa shape index (κ2) is 7.77. The summed E-state index contributed by atoms with van der Waals surface area (Å²) in [6, 6.07) is 11.5. The van der Waals surface area contributed by atoms with Crippen LogP contribution in [0.25, 0.3) is 0 Å². The molecule has 2 aromatic rings. The Morgan fingerprint density at radius 2 is 1.73 bits per heavy atom. The van der Waals surface area contributed by atoms with Crippen LogP contribution in [0, 0.1) is 0 Å². The number of halogens is 2. The number of methoxy groups -OCH3 is 1. The fourth-order valence-corrected chi connectivity index (χ4v) is 2.24. The molecule has 0 unspecified atom stereocenters. The maximum absolute atomic E-state index is 11.8. The lowest BCUT2D eigenvalue weighted by Gasteiger charge is -2.12. The van der Waals surface area contributed by atoms with E-state index in [2.05, 4.69) is 10.6 Å². The third-order valence-electron chi connectivity index (χ3n) is 2.65. The van der Waals surface area contributed by atoms with E-state index in [-0.39, 0.29) is 6.73 Å². The molecule has 0 aromatic heterocycles. The average Bonchev–Trinajstić information content (AvgIpc) is 2.46. The summed E-state index contributed by atoms with van der Waals surface area (Å²) in [5.41, 5.74) is 0.493. The van der Waals surface area contributed by atoms with Gasteiger partial charge in [0.25, 0.3) is 0 Å². The van der Waals surface area contributed by atoms with Gasteiger partial charge in [0.2, 0.25) is 0 Å². The first-order valence-electron chi connectivity index (χ1n) is 6.35. The number of benzene rings is 2. The van der Waals surface area contributed by atoms with Gasteiger partial charge in [-0.2, -0.15) is 0 Å². The van der Waals surface area contributed by atoms with E-state index in [1.54, 1.807) is 37.4 Å². The Kier molecular flexibility index (Phi) is 5.75. The van der Waals surface area contributed by atoms with Crippen molar-refractivity contribution in [2.75, 3.05) is 19.2 Å². The van der Waals surface area contributed by atoms with Crippen molar-refractivity contribution in [2.24, 2.45) is 0 Å². The summed E-state index contributed by atoms with van der Waals surface area (Å²) in [7, 11) is 1.55. The van der Waals surface area contributed by atoms with Crippen molar-refractivity contribution < 1.29 is 14.3 Å². The Bertz CT molecular complexity index is 645. The number of nitrogens with one attached hydrogen (secondary N) is 2. The second-order valence-electron chi connectivity index (χ2n) is 4.23. The van der Waals surface area contributed by atoms with E-state index < -0.39 is 6.03 Å². The first-order valence-corrected chi connectivity index (χ1v) is 7.11. The number of carbonyl (C=O) groups excluding carboxylic acids is 1. The minimum atomic E-state index is -0.437. The minimum absolute atomic E-state index is 0.0134. The van der Waals surface area contributed by atoms with Gasteiger partial charge in [-0.15, -0.1) is 0 Å². The Morgan fingerprint density at radius 3 is 2.36 bits per heavy atom. The smallest absolute Gasteiger partial charge is 0.321 e. The Hall–Kier alpha value is -2.11. The molecule has 2 rings (SSSR count). The zero-order valence-corrected chi connectivity index (χ0v) is 13.2. The summed E-state index contributed by atoms with van der Waals surface area (Å²) in [4.78, 5) is 11.8. The van der Waals surface area contributed by atoms with Crippen LogP contribution in [0.4, 0.5) is 10.5 Å². The van der Waals surface area contributed by atoms with Crippen molar-refractivity contribution in [3.63, 3.8) is 0 Å². The summed E-state index contributed by atoms with van der Waals surface area (Å²) in [5, 5.41) is 6.04. The Balaban J connectivity index is 1.85. The maximum Gasteiger partial charge on any atom is 0.321 e. The van der Waals surface area contributed by atoms with Crippen LogP contribution >= 0.6 is 23.2 Å². The molecule has 2 amide bonds. The van der Waals surface area contributed by atoms with Gasteiger partial charge in [-0.05, 0) is 30.3 Å². The van der Waals surface area contributed by atoms with Gasteiger partial charge < -0.3 is 20.1 Å². The third kappa shape index (κ3) is 4.72. The van der Waals surface area contributed by atoms with E-state index in [1.165, 1.54) is 0 Å². The largest absolute Gasteiger partial charge is 0.493 e. The summed E-state index contributed by atoms with van der Waals surface area (Å²) >= 11 is 11.7. The molecule has 5 nitrogen and oxygen atoms in total. The van der Waals surface area contributed by atoms with E-state index in [0.717, 1.165) is 0 Å². The van der Waals surface area contributed by atoms with Gasteiger partial charge >= 0.3 is 6.03 Å². The summed E-state index contributed by atoms with van der Waals surface area (Å²) in [6.45, 7) is -0.0134. The number of anilines is 1. The zero-order valence-electron chi connectivity index (χ0n) is 11.7. The van der Waals surface area contributed by atoms with Gasteiger partial charge in [0, 0.05) is 15.7 Å². The first kappa shape index (κ1) is 16.3. The molecule has 7 heteroatoms. The van der Waals surface area contributed by atoms with Gasteiger partial charge in [0.05, 0.1) is 7.11 Å². The average molecular weight is 341 g/mol. The van der Waals surface area contributed by atoms with Gasteiger partial charge in [0.1, 0.15) is 0 Å². The number of urea groups is 1. The van der Waals surface area contributed by atoms with E-state index >= 15 is 0 Å². The monoisotopic (exact) mass is 340 g/mol.